The van der Waals surface area contributed by atoms with Gasteiger partial charge in [0.05, 0.1) is 0 Å². The van der Waals surface area contributed by atoms with Crippen molar-refractivity contribution in [2.75, 3.05) is 7.05 Å². The Bertz CT molecular complexity index is 859. The van der Waals surface area contributed by atoms with Crippen molar-refractivity contribution in [1.29, 1.82) is 0 Å². The van der Waals surface area contributed by atoms with Crippen molar-refractivity contribution in [3.63, 3.8) is 0 Å². The van der Waals surface area contributed by atoms with Crippen LogP contribution in [0.25, 0.3) is 0 Å². The summed E-state index contributed by atoms with van der Waals surface area (Å²) in [6.45, 7) is 0. The lowest BCUT2D eigenvalue weighted by atomic mass is 10.0. The molecule has 0 aromatic heterocycles. The van der Waals surface area contributed by atoms with Crippen molar-refractivity contribution >= 4 is 23.4 Å². The lowest BCUT2D eigenvalue weighted by molar-refractivity contribution is -0.129. The number of likely N-dealkylation sites (N-methyl/N-ethyl adjacent to an activating group) is 1. The van der Waals surface area contributed by atoms with Crippen LogP contribution in [0.5, 0.6) is 0 Å². The van der Waals surface area contributed by atoms with Crippen LogP contribution >= 0.6 is 11.6 Å². The molecule has 2 aromatic carbocycles. The van der Waals surface area contributed by atoms with Gasteiger partial charge >= 0.3 is 0 Å². The van der Waals surface area contributed by atoms with E-state index in [0.29, 0.717) is 11.4 Å². The monoisotopic (exact) mass is 378 g/mol. The Labute approximate surface area is 154 Å². The Hall–Kier alpha value is -2.47. The second-order valence-corrected chi connectivity index (χ2v) is 6.61. The zero-order chi connectivity index (χ0) is 18.8. The zero-order valence-electron chi connectivity index (χ0n) is 13.9. The molecule has 26 heavy (non-hydrogen) atoms. The predicted octanol–water partition coefficient (Wildman–Crippen LogP) is 3.33. The van der Waals surface area contributed by atoms with Crippen LogP contribution in [0.15, 0.2) is 42.5 Å². The standard InChI is InChI=1S/C19H17ClF2N2O2/c1-23-19(26)17(10-6-7-15(21)16(22)8-10)24-18(25)13-9-12(13)11-4-2-3-5-14(11)20/h2-8,12-13,17H,9H2,1H3,(H,23,26)(H,24,25). The van der Waals surface area contributed by atoms with Gasteiger partial charge in [-0.1, -0.05) is 35.9 Å². The molecule has 3 rings (SSSR count). The number of hydrogen-bond acceptors (Lipinski definition) is 2. The second-order valence-electron chi connectivity index (χ2n) is 6.20. The van der Waals surface area contributed by atoms with Gasteiger partial charge in [-0.25, -0.2) is 8.78 Å². The minimum absolute atomic E-state index is 0.0148. The number of rotatable bonds is 5. The lowest BCUT2D eigenvalue weighted by Crippen LogP contribution is -2.40. The minimum Gasteiger partial charge on any atom is -0.357 e. The summed E-state index contributed by atoms with van der Waals surface area (Å²) < 4.78 is 26.7. The second kappa shape index (κ2) is 7.41. The van der Waals surface area contributed by atoms with Crippen LogP contribution in [0, 0.1) is 17.6 Å². The molecule has 1 aliphatic rings. The number of halogens is 3. The van der Waals surface area contributed by atoms with Crippen molar-refractivity contribution in [3.8, 4) is 0 Å². The third-order valence-corrected chi connectivity index (χ3v) is 4.85. The van der Waals surface area contributed by atoms with E-state index in [0.717, 1.165) is 17.7 Å². The Morgan fingerprint density at radius 2 is 1.88 bits per heavy atom. The molecule has 0 saturated heterocycles. The van der Waals surface area contributed by atoms with Crippen molar-refractivity contribution in [1.82, 2.24) is 10.6 Å². The predicted molar refractivity (Wildman–Crippen MR) is 93.6 cm³/mol. The van der Waals surface area contributed by atoms with Crippen LogP contribution in [0.3, 0.4) is 0 Å². The van der Waals surface area contributed by atoms with Gasteiger partial charge in [0.15, 0.2) is 11.6 Å². The molecule has 1 saturated carbocycles. The highest BCUT2D eigenvalue weighted by Gasteiger charge is 2.45. The van der Waals surface area contributed by atoms with Crippen molar-refractivity contribution < 1.29 is 18.4 Å². The molecule has 2 aromatic rings. The van der Waals surface area contributed by atoms with Gasteiger partial charge in [-0.05, 0) is 41.7 Å². The third kappa shape index (κ3) is 3.70. The fraction of sp³-hybridized carbons (Fsp3) is 0.263. The molecule has 7 heteroatoms. The molecule has 1 fully saturated rings. The average Bonchev–Trinajstić information content (AvgIpc) is 3.42. The van der Waals surface area contributed by atoms with E-state index >= 15 is 0 Å². The van der Waals surface area contributed by atoms with Crippen molar-refractivity contribution in [2.45, 2.75) is 18.4 Å². The van der Waals surface area contributed by atoms with Crippen LogP contribution < -0.4 is 10.6 Å². The first-order valence-electron chi connectivity index (χ1n) is 8.13. The van der Waals surface area contributed by atoms with Crippen molar-refractivity contribution in [2.24, 2.45) is 5.92 Å². The molecule has 0 radical (unpaired) electrons. The summed E-state index contributed by atoms with van der Waals surface area (Å²) in [4.78, 5) is 24.7. The summed E-state index contributed by atoms with van der Waals surface area (Å²) >= 11 is 6.16. The summed E-state index contributed by atoms with van der Waals surface area (Å²) in [6.07, 6.45) is 0.619. The fourth-order valence-electron chi connectivity index (χ4n) is 2.99. The summed E-state index contributed by atoms with van der Waals surface area (Å²) in [5.74, 6) is -3.26. The summed E-state index contributed by atoms with van der Waals surface area (Å²) in [5.41, 5.74) is 1.06. The van der Waals surface area contributed by atoms with E-state index < -0.39 is 23.6 Å². The highest BCUT2D eigenvalue weighted by Crippen LogP contribution is 2.49. The maximum atomic E-state index is 13.5. The molecule has 3 unspecified atom stereocenters. The molecular formula is C19H17ClF2N2O2. The van der Waals surface area contributed by atoms with Gasteiger partial charge in [-0.15, -0.1) is 0 Å². The van der Waals surface area contributed by atoms with E-state index in [2.05, 4.69) is 10.6 Å². The highest BCUT2D eigenvalue weighted by atomic mass is 35.5. The Balaban J connectivity index is 1.76. The molecule has 2 amide bonds. The maximum Gasteiger partial charge on any atom is 0.246 e. The van der Waals surface area contributed by atoms with E-state index in [4.69, 9.17) is 11.6 Å². The molecule has 2 N–H and O–H groups in total. The molecular weight excluding hydrogens is 362 g/mol. The van der Waals surface area contributed by atoms with Crippen LogP contribution in [0.4, 0.5) is 8.78 Å². The van der Waals surface area contributed by atoms with Crippen LogP contribution in [0.1, 0.15) is 29.5 Å². The van der Waals surface area contributed by atoms with Gasteiger partial charge in [-0.2, -0.15) is 0 Å². The normalized spacial score (nSPS) is 19.5. The molecule has 4 nitrogen and oxygen atoms in total. The molecule has 136 valence electrons. The Morgan fingerprint density at radius 3 is 2.54 bits per heavy atom. The fourth-order valence-corrected chi connectivity index (χ4v) is 3.27. The maximum absolute atomic E-state index is 13.5. The number of carbonyl (C=O) groups is 2. The van der Waals surface area contributed by atoms with Gasteiger partial charge in [-0.3, -0.25) is 9.59 Å². The van der Waals surface area contributed by atoms with E-state index in [9.17, 15) is 18.4 Å². The van der Waals surface area contributed by atoms with Gasteiger partial charge in [0.2, 0.25) is 11.8 Å². The number of hydrogen-bond donors (Lipinski definition) is 2. The first-order chi connectivity index (χ1) is 12.4. The lowest BCUT2D eigenvalue weighted by Gasteiger charge is -2.18. The van der Waals surface area contributed by atoms with E-state index in [-0.39, 0.29) is 23.3 Å². The van der Waals surface area contributed by atoms with E-state index in [1.165, 1.54) is 13.1 Å². The molecule has 0 aliphatic heterocycles. The summed E-state index contributed by atoms with van der Waals surface area (Å²) in [5, 5.41) is 5.65. The molecule has 0 heterocycles. The Morgan fingerprint density at radius 1 is 1.15 bits per heavy atom. The summed E-state index contributed by atoms with van der Waals surface area (Å²) in [7, 11) is 1.41. The molecule has 1 aliphatic carbocycles. The molecule has 0 spiro atoms. The SMILES string of the molecule is CNC(=O)C(NC(=O)C1CC1c1ccccc1Cl)c1ccc(F)c(F)c1. The van der Waals surface area contributed by atoms with Gasteiger partial charge < -0.3 is 10.6 Å². The Kier molecular flexibility index (Phi) is 5.23. The number of benzene rings is 2. The topological polar surface area (TPSA) is 58.2 Å². The van der Waals surface area contributed by atoms with Crippen LogP contribution in [0.2, 0.25) is 5.02 Å². The van der Waals surface area contributed by atoms with Crippen molar-refractivity contribution in [3.05, 3.63) is 70.2 Å². The average molecular weight is 379 g/mol. The first-order valence-corrected chi connectivity index (χ1v) is 8.51. The number of amides is 2. The number of nitrogens with one attached hydrogen (secondary N) is 2. The van der Waals surface area contributed by atoms with Crippen LogP contribution in [-0.2, 0) is 9.59 Å². The van der Waals surface area contributed by atoms with E-state index in [1.54, 1.807) is 6.07 Å². The van der Waals surface area contributed by atoms with E-state index in [1.807, 2.05) is 18.2 Å². The zero-order valence-corrected chi connectivity index (χ0v) is 14.7. The largest absolute Gasteiger partial charge is 0.357 e. The van der Waals surface area contributed by atoms with Gasteiger partial charge in [0.25, 0.3) is 0 Å². The third-order valence-electron chi connectivity index (χ3n) is 4.50. The number of carbonyl (C=O) groups excluding carboxylic acids is 2. The van der Waals surface area contributed by atoms with Crippen LogP contribution in [-0.4, -0.2) is 18.9 Å². The first kappa shape index (κ1) is 18.3. The van der Waals surface area contributed by atoms with Gasteiger partial charge in [0.1, 0.15) is 6.04 Å². The minimum atomic E-state index is -1.10. The quantitative estimate of drug-likeness (QED) is 0.838. The smallest absolute Gasteiger partial charge is 0.246 e. The molecule has 0 bridgehead atoms. The highest BCUT2D eigenvalue weighted by molar-refractivity contribution is 6.31. The van der Waals surface area contributed by atoms with Gasteiger partial charge in [0, 0.05) is 18.0 Å². The molecule has 3 atom stereocenters. The summed E-state index contributed by atoms with van der Waals surface area (Å²) in [6, 6.07) is 9.30.